The first-order valence-electron chi connectivity index (χ1n) is 8.31. The van der Waals surface area contributed by atoms with Gasteiger partial charge >= 0.3 is 0 Å². The molecule has 4 nitrogen and oxygen atoms in total. The van der Waals surface area contributed by atoms with Crippen LogP contribution in [0.25, 0.3) is 0 Å². The first-order valence-corrected chi connectivity index (χ1v) is 8.31. The van der Waals surface area contributed by atoms with Gasteiger partial charge in [0.25, 0.3) is 0 Å². The summed E-state index contributed by atoms with van der Waals surface area (Å²) in [6.07, 6.45) is 0. The number of rotatable bonds is 3. The van der Waals surface area contributed by atoms with Crippen molar-refractivity contribution in [3.63, 3.8) is 0 Å². The molecule has 0 spiro atoms. The highest BCUT2D eigenvalue weighted by Gasteiger charge is 2.53. The van der Waals surface area contributed by atoms with Gasteiger partial charge < -0.3 is 10.1 Å². The fraction of sp³-hybridized carbons (Fsp3) is 1.00. The molecule has 0 aromatic heterocycles. The van der Waals surface area contributed by atoms with Gasteiger partial charge in [0.05, 0.1) is 11.2 Å². The Bertz CT molecular complexity index is 378. The van der Waals surface area contributed by atoms with Gasteiger partial charge in [0, 0.05) is 43.7 Å². The van der Waals surface area contributed by atoms with E-state index in [2.05, 4.69) is 70.8 Å². The van der Waals surface area contributed by atoms with Crippen molar-refractivity contribution in [1.29, 1.82) is 0 Å². The van der Waals surface area contributed by atoms with E-state index < -0.39 is 0 Å². The van der Waals surface area contributed by atoms with Crippen LogP contribution in [0.2, 0.25) is 0 Å². The summed E-state index contributed by atoms with van der Waals surface area (Å²) in [5.74, 6) is 0.511. The molecule has 2 fully saturated rings. The summed E-state index contributed by atoms with van der Waals surface area (Å²) >= 11 is 0. The first kappa shape index (κ1) is 17.2. The molecule has 2 atom stereocenters. The summed E-state index contributed by atoms with van der Waals surface area (Å²) in [5.41, 5.74) is 0.0716. The summed E-state index contributed by atoms with van der Waals surface area (Å²) < 4.78 is 6.37. The van der Waals surface area contributed by atoms with Crippen LogP contribution in [0.4, 0.5) is 0 Å². The van der Waals surface area contributed by atoms with Crippen molar-refractivity contribution >= 4 is 0 Å². The topological polar surface area (TPSA) is 27.7 Å². The van der Waals surface area contributed by atoms with Crippen LogP contribution in [0.1, 0.15) is 41.5 Å². The van der Waals surface area contributed by atoms with Gasteiger partial charge in [-0.25, -0.2) is 0 Å². The molecule has 4 heteroatoms. The summed E-state index contributed by atoms with van der Waals surface area (Å²) in [5, 5.41) is 3.52. The highest BCUT2D eigenvalue weighted by atomic mass is 16.5. The molecule has 1 N–H and O–H groups in total. The number of likely N-dealkylation sites (N-methyl/N-ethyl adjacent to an activating group) is 2. The Morgan fingerprint density at radius 3 is 2.19 bits per heavy atom. The molecule has 0 aliphatic carbocycles. The molecule has 0 aromatic carbocycles. The molecule has 0 radical (unpaired) electrons. The first-order chi connectivity index (χ1) is 9.49. The Labute approximate surface area is 131 Å². The van der Waals surface area contributed by atoms with E-state index >= 15 is 0 Å². The lowest BCUT2D eigenvalue weighted by atomic mass is 9.81. The molecule has 2 unspecified atom stereocenters. The second kappa shape index (κ2) is 5.48. The molecule has 124 valence electrons. The fourth-order valence-electron chi connectivity index (χ4n) is 4.35. The van der Waals surface area contributed by atoms with E-state index in [4.69, 9.17) is 4.74 Å². The highest BCUT2D eigenvalue weighted by molar-refractivity contribution is 5.06. The van der Waals surface area contributed by atoms with Crippen LogP contribution in [0.3, 0.4) is 0 Å². The third-order valence-corrected chi connectivity index (χ3v) is 5.73. The summed E-state index contributed by atoms with van der Waals surface area (Å²) in [6.45, 7) is 18.2. The van der Waals surface area contributed by atoms with E-state index in [0.717, 1.165) is 26.2 Å². The van der Waals surface area contributed by atoms with Crippen molar-refractivity contribution < 1.29 is 4.74 Å². The number of piperazine rings is 1. The monoisotopic (exact) mass is 297 g/mol. The van der Waals surface area contributed by atoms with Gasteiger partial charge in [0.1, 0.15) is 0 Å². The maximum Gasteiger partial charge on any atom is 0.0790 e. The fourth-order valence-corrected chi connectivity index (χ4v) is 4.35. The molecular weight excluding hydrogens is 262 g/mol. The van der Waals surface area contributed by atoms with E-state index in [1.807, 2.05) is 0 Å². The lowest BCUT2D eigenvalue weighted by molar-refractivity contribution is -0.0813. The molecule has 2 saturated heterocycles. The highest BCUT2D eigenvalue weighted by Crippen LogP contribution is 2.42. The lowest BCUT2D eigenvalue weighted by Crippen LogP contribution is -2.60. The molecule has 2 aliphatic rings. The van der Waals surface area contributed by atoms with Crippen molar-refractivity contribution in [2.24, 2.45) is 5.92 Å². The molecule has 21 heavy (non-hydrogen) atoms. The Kier molecular flexibility index (Phi) is 4.49. The number of ether oxygens (including phenoxy) is 1. The normalized spacial score (nSPS) is 36.0. The molecular formula is C17H35N3O. The van der Waals surface area contributed by atoms with Crippen LogP contribution in [0.15, 0.2) is 0 Å². The minimum Gasteiger partial charge on any atom is -0.368 e. The van der Waals surface area contributed by atoms with Crippen LogP contribution >= 0.6 is 0 Å². The van der Waals surface area contributed by atoms with E-state index in [0.29, 0.717) is 12.0 Å². The minimum absolute atomic E-state index is 0.0787. The predicted molar refractivity (Wildman–Crippen MR) is 88.7 cm³/mol. The molecule has 0 amide bonds. The van der Waals surface area contributed by atoms with Gasteiger partial charge in [-0.05, 0) is 55.6 Å². The van der Waals surface area contributed by atoms with Crippen molar-refractivity contribution in [3.8, 4) is 0 Å². The number of nitrogens with zero attached hydrogens (tertiary/aromatic N) is 2. The smallest absolute Gasteiger partial charge is 0.0790 e. The summed E-state index contributed by atoms with van der Waals surface area (Å²) in [6, 6.07) is 0.398. The average molecular weight is 297 g/mol. The Hall–Kier alpha value is -0.160. The minimum atomic E-state index is -0.106. The SMILES string of the molecule is CNC1C(CN2CCN(C)C(C)(C)C2)C(C)(C)OC1(C)C. The summed E-state index contributed by atoms with van der Waals surface area (Å²) in [7, 11) is 4.30. The van der Waals surface area contributed by atoms with Crippen LogP contribution in [0, 0.1) is 5.92 Å². The largest absolute Gasteiger partial charge is 0.368 e. The quantitative estimate of drug-likeness (QED) is 0.860. The lowest BCUT2D eigenvalue weighted by Gasteiger charge is -2.47. The molecule has 2 rings (SSSR count). The molecule has 0 aromatic rings. The average Bonchev–Trinajstić information content (AvgIpc) is 2.48. The van der Waals surface area contributed by atoms with E-state index in [-0.39, 0.29) is 16.7 Å². The van der Waals surface area contributed by atoms with Crippen molar-refractivity contribution in [2.75, 3.05) is 40.3 Å². The van der Waals surface area contributed by atoms with Crippen molar-refractivity contribution in [3.05, 3.63) is 0 Å². The maximum atomic E-state index is 6.37. The van der Waals surface area contributed by atoms with Crippen LogP contribution in [0.5, 0.6) is 0 Å². The predicted octanol–water partition coefficient (Wildman–Crippen LogP) is 1.80. The zero-order valence-corrected chi connectivity index (χ0v) is 15.3. The molecule has 0 bridgehead atoms. The second-order valence-corrected chi connectivity index (χ2v) is 8.65. The Morgan fingerprint density at radius 2 is 1.67 bits per heavy atom. The zero-order chi connectivity index (χ0) is 16.1. The summed E-state index contributed by atoms with van der Waals surface area (Å²) in [4.78, 5) is 5.10. The van der Waals surface area contributed by atoms with Gasteiger partial charge in [0.2, 0.25) is 0 Å². The third-order valence-electron chi connectivity index (χ3n) is 5.73. The molecule has 0 saturated carbocycles. The van der Waals surface area contributed by atoms with Crippen LogP contribution in [-0.2, 0) is 4.74 Å². The number of hydrogen-bond acceptors (Lipinski definition) is 4. The standard InChI is InChI=1S/C17H35N3O/c1-15(2)12-20(10-9-19(15)8)11-13-14(18-7)17(5,6)21-16(13,3)4/h13-14,18H,9-12H2,1-8H3. The van der Waals surface area contributed by atoms with Gasteiger partial charge in [-0.3, -0.25) is 9.80 Å². The number of nitrogens with one attached hydrogen (secondary N) is 1. The van der Waals surface area contributed by atoms with E-state index in [9.17, 15) is 0 Å². The molecule has 2 aliphatic heterocycles. The van der Waals surface area contributed by atoms with Crippen molar-refractivity contribution in [1.82, 2.24) is 15.1 Å². The third kappa shape index (κ3) is 3.29. The van der Waals surface area contributed by atoms with Gasteiger partial charge in [-0.15, -0.1) is 0 Å². The van der Waals surface area contributed by atoms with Gasteiger partial charge in [-0.2, -0.15) is 0 Å². The van der Waals surface area contributed by atoms with Gasteiger partial charge in [0.15, 0.2) is 0 Å². The maximum absolute atomic E-state index is 6.37. The van der Waals surface area contributed by atoms with E-state index in [1.54, 1.807) is 0 Å². The second-order valence-electron chi connectivity index (χ2n) is 8.65. The van der Waals surface area contributed by atoms with Crippen LogP contribution in [-0.4, -0.2) is 72.9 Å². The van der Waals surface area contributed by atoms with Gasteiger partial charge in [-0.1, -0.05) is 0 Å². The zero-order valence-electron chi connectivity index (χ0n) is 15.3. The van der Waals surface area contributed by atoms with E-state index in [1.165, 1.54) is 0 Å². The Balaban J connectivity index is 2.11. The number of hydrogen-bond donors (Lipinski definition) is 1. The molecule has 2 heterocycles. The van der Waals surface area contributed by atoms with Crippen molar-refractivity contribution in [2.45, 2.75) is 64.3 Å². The van der Waals surface area contributed by atoms with Crippen LogP contribution < -0.4 is 5.32 Å². The Morgan fingerprint density at radius 1 is 1.05 bits per heavy atom.